The fraction of sp³-hybridized carbons (Fsp3) is 0.382. The Hall–Kier alpha value is -4.01. The van der Waals surface area contributed by atoms with Gasteiger partial charge in [0.1, 0.15) is 18.1 Å². The van der Waals surface area contributed by atoms with E-state index in [4.69, 9.17) is 4.74 Å². The number of hydrogen-bond donors (Lipinski definition) is 2. The first-order valence-electron chi connectivity index (χ1n) is 14.8. The number of aromatic amines is 1. The second kappa shape index (κ2) is 13.8. The van der Waals surface area contributed by atoms with Crippen LogP contribution in [0.25, 0.3) is 22.2 Å². The number of carbonyl (C=O) groups excluding carboxylic acids is 2. The molecule has 220 valence electrons. The lowest BCUT2D eigenvalue weighted by Crippen LogP contribution is -2.35. The molecule has 1 atom stereocenters. The fourth-order valence-electron chi connectivity index (χ4n) is 5.30. The van der Waals surface area contributed by atoms with Gasteiger partial charge in [-0.05, 0) is 101 Å². The fourth-order valence-corrected chi connectivity index (χ4v) is 5.30. The molecule has 6 rings (SSSR count). The van der Waals surface area contributed by atoms with Crippen LogP contribution in [0.15, 0.2) is 72.8 Å². The molecule has 3 aromatic carbocycles. The van der Waals surface area contributed by atoms with Crippen molar-refractivity contribution in [2.75, 3.05) is 40.8 Å². The highest BCUT2D eigenvalue weighted by Crippen LogP contribution is 2.41. The number of fused-ring (bicyclic) bond motifs is 1. The van der Waals surface area contributed by atoms with Gasteiger partial charge in [0, 0.05) is 29.6 Å². The van der Waals surface area contributed by atoms with Crippen LogP contribution >= 0.6 is 0 Å². The van der Waals surface area contributed by atoms with Crippen molar-refractivity contribution in [2.45, 2.75) is 37.8 Å². The largest absolute Gasteiger partial charge is 0.490 e. The molecule has 1 aliphatic heterocycles. The van der Waals surface area contributed by atoms with Gasteiger partial charge >= 0.3 is 0 Å². The molecule has 8 nitrogen and oxygen atoms in total. The molecule has 0 bridgehead atoms. The highest BCUT2D eigenvalue weighted by Gasteiger charge is 2.33. The van der Waals surface area contributed by atoms with Crippen LogP contribution in [0.1, 0.15) is 47.6 Å². The Bertz CT molecular complexity index is 1460. The third-order valence-corrected chi connectivity index (χ3v) is 7.90. The first kappa shape index (κ1) is 29.5. The van der Waals surface area contributed by atoms with Crippen LogP contribution < -0.4 is 10.1 Å². The number of nitrogens with zero attached hydrogens (tertiary/aromatic N) is 3. The number of likely N-dealkylation sites (tertiary alicyclic amines) is 1. The topological polar surface area (TPSA) is 90.6 Å². The second-order valence-corrected chi connectivity index (χ2v) is 11.6. The first-order chi connectivity index (χ1) is 20.4. The normalized spacial score (nSPS) is 16.5. The van der Waals surface area contributed by atoms with Crippen LogP contribution in [-0.4, -0.2) is 79.1 Å². The molecule has 1 saturated carbocycles. The Balaban J connectivity index is 0.000000535. The van der Waals surface area contributed by atoms with Crippen molar-refractivity contribution in [1.82, 2.24) is 25.3 Å². The zero-order valence-corrected chi connectivity index (χ0v) is 24.8. The number of likely N-dealkylation sites (N-methyl/N-ethyl adjacent to an activating group) is 1. The number of aromatic nitrogens is 2. The van der Waals surface area contributed by atoms with Gasteiger partial charge < -0.3 is 24.6 Å². The number of hydrogen-bond acceptors (Lipinski definition) is 6. The summed E-state index contributed by atoms with van der Waals surface area (Å²) in [6.45, 7) is 2.68. The maximum absolute atomic E-state index is 13.3. The van der Waals surface area contributed by atoms with Crippen molar-refractivity contribution in [3.63, 3.8) is 0 Å². The summed E-state index contributed by atoms with van der Waals surface area (Å²) >= 11 is 0. The van der Waals surface area contributed by atoms with Gasteiger partial charge in [-0.15, -0.1) is 0 Å². The Morgan fingerprint density at radius 2 is 1.76 bits per heavy atom. The molecule has 2 aliphatic rings. The summed E-state index contributed by atoms with van der Waals surface area (Å²) in [4.78, 5) is 27.0. The monoisotopic (exact) mass is 567 g/mol. The van der Waals surface area contributed by atoms with Crippen molar-refractivity contribution in [1.29, 1.82) is 0 Å². The van der Waals surface area contributed by atoms with Gasteiger partial charge in [0.05, 0.1) is 23.8 Å². The second-order valence-electron chi connectivity index (χ2n) is 11.6. The third kappa shape index (κ3) is 7.63. The van der Waals surface area contributed by atoms with E-state index in [0.29, 0.717) is 18.0 Å². The van der Waals surface area contributed by atoms with Gasteiger partial charge in [0.2, 0.25) is 0 Å². The molecule has 4 aromatic rings. The standard InChI is InChI=1S/C30H32N4O2.C4H9NO/c1-34-17-15-25(16-18-34)36-24-12-9-22(10-13-24)29-26-19-23(11-14-27(26)32-33-29)30(35)31-28(21-7-8-21)20-5-3-2-4-6-20;1-5(2)3-4-6/h2-6,9-14,19,21,25,28H,7-8,15-18H2,1H3,(H,31,35)(H,32,33);4H,3H2,1-2H3. The number of rotatable bonds is 9. The molecule has 1 amide bonds. The molecular weight excluding hydrogens is 526 g/mol. The Kier molecular flexibility index (Phi) is 9.66. The number of piperidine rings is 1. The predicted octanol–water partition coefficient (Wildman–Crippen LogP) is 5.33. The van der Waals surface area contributed by atoms with E-state index in [1.165, 1.54) is 5.56 Å². The lowest BCUT2D eigenvalue weighted by Gasteiger charge is -2.29. The van der Waals surface area contributed by atoms with E-state index < -0.39 is 0 Å². The van der Waals surface area contributed by atoms with Crippen LogP contribution in [-0.2, 0) is 4.79 Å². The molecule has 1 aromatic heterocycles. The average Bonchev–Trinajstić information content (AvgIpc) is 3.76. The van der Waals surface area contributed by atoms with E-state index in [1.807, 2.05) is 79.7 Å². The number of nitrogens with one attached hydrogen (secondary N) is 2. The molecule has 42 heavy (non-hydrogen) atoms. The van der Waals surface area contributed by atoms with Crippen molar-refractivity contribution < 1.29 is 14.3 Å². The summed E-state index contributed by atoms with van der Waals surface area (Å²) in [6, 6.07) is 24.2. The maximum Gasteiger partial charge on any atom is 0.251 e. The molecule has 2 fully saturated rings. The highest BCUT2D eigenvalue weighted by molar-refractivity contribution is 6.01. The van der Waals surface area contributed by atoms with E-state index in [1.54, 1.807) is 0 Å². The number of aldehydes is 1. The number of amides is 1. The highest BCUT2D eigenvalue weighted by atomic mass is 16.5. The zero-order valence-electron chi connectivity index (χ0n) is 24.8. The number of H-pyrrole nitrogens is 1. The smallest absolute Gasteiger partial charge is 0.251 e. The van der Waals surface area contributed by atoms with Gasteiger partial charge in [-0.1, -0.05) is 30.3 Å². The minimum Gasteiger partial charge on any atom is -0.490 e. The SMILES string of the molecule is CN(C)CC=O.CN1CCC(Oc2ccc(-c3n[nH]c4ccc(C(=O)NC(c5ccccc5)C5CC5)cc34)cc2)CC1. The average molecular weight is 568 g/mol. The summed E-state index contributed by atoms with van der Waals surface area (Å²) in [5, 5.41) is 11.9. The van der Waals surface area contributed by atoms with E-state index >= 15 is 0 Å². The molecule has 8 heteroatoms. The molecule has 0 radical (unpaired) electrons. The molecule has 2 N–H and O–H groups in total. The zero-order chi connectivity index (χ0) is 29.5. The van der Waals surface area contributed by atoms with Crippen molar-refractivity contribution in [3.05, 3.63) is 83.9 Å². The molecule has 1 unspecified atom stereocenters. The Morgan fingerprint density at radius 3 is 2.38 bits per heavy atom. The Morgan fingerprint density at radius 1 is 1.05 bits per heavy atom. The minimum absolute atomic E-state index is 0.0494. The van der Waals surface area contributed by atoms with Gasteiger partial charge in [0.25, 0.3) is 5.91 Å². The van der Waals surface area contributed by atoms with E-state index in [2.05, 4.69) is 39.6 Å². The summed E-state index contributed by atoms with van der Waals surface area (Å²) in [7, 11) is 5.87. The molecule has 1 aliphatic carbocycles. The van der Waals surface area contributed by atoms with Crippen LogP contribution in [0.2, 0.25) is 0 Å². The summed E-state index contributed by atoms with van der Waals surface area (Å²) in [5.74, 6) is 1.35. The van der Waals surface area contributed by atoms with Gasteiger partial charge in [0.15, 0.2) is 0 Å². The van der Waals surface area contributed by atoms with Crippen LogP contribution in [0.4, 0.5) is 0 Å². The van der Waals surface area contributed by atoms with Crippen molar-refractivity contribution in [3.8, 4) is 17.0 Å². The van der Waals surface area contributed by atoms with Gasteiger partial charge in [-0.3, -0.25) is 9.89 Å². The molecular formula is C34H41N5O3. The van der Waals surface area contributed by atoms with Crippen LogP contribution in [0.3, 0.4) is 0 Å². The number of carbonyl (C=O) groups is 2. The lowest BCUT2D eigenvalue weighted by molar-refractivity contribution is -0.108. The molecule has 2 heterocycles. The first-order valence-corrected chi connectivity index (χ1v) is 14.8. The van der Waals surface area contributed by atoms with Crippen LogP contribution in [0.5, 0.6) is 5.75 Å². The van der Waals surface area contributed by atoms with E-state index in [0.717, 1.165) is 73.0 Å². The summed E-state index contributed by atoms with van der Waals surface area (Å²) in [5.41, 5.74) is 4.56. The molecule has 1 saturated heterocycles. The van der Waals surface area contributed by atoms with Crippen LogP contribution in [0, 0.1) is 5.92 Å². The van der Waals surface area contributed by atoms with Crippen molar-refractivity contribution in [2.24, 2.45) is 5.92 Å². The van der Waals surface area contributed by atoms with E-state index in [9.17, 15) is 9.59 Å². The van der Waals surface area contributed by atoms with E-state index in [-0.39, 0.29) is 18.1 Å². The lowest BCUT2D eigenvalue weighted by atomic mass is 10.0. The minimum atomic E-state index is -0.0494. The maximum atomic E-state index is 13.3. The van der Waals surface area contributed by atoms with Gasteiger partial charge in [-0.2, -0.15) is 5.10 Å². The molecule has 0 spiro atoms. The van der Waals surface area contributed by atoms with Gasteiger partial charge in [-0.25, -0.2) is 0 Å². The number of ether oxygens (including phenoxy) is 1. The van der Waals surface area contributed by atoms with Crippen molar-refractivity contribution >= 4 is 23.1 Å². The summed E-state index contributed by atoms with van der Waals surface area (Å²) < 4.78 is 6.20. The quantitative estimate of drug-likeness (QED) is 0.266. The summed E-state index contributed by atoms with van der Waals surface area (Å²) in [6.07, 6.45) is 5.57. The number of benzene rings is 3. The predicted molar refractivity (Wildman–Crippen MR) is 167 cm³/mol. The third-order valence-electron chi connectivity index (χ3n) is 7.90. The Labute approximate surface area is 248 Å².